The number of nitrogens with zero attached hydrogens (tertiary/aromatic N) is 1. The van der Waals surface area contributed by atoms with Gasteiger partial charge in [0, 0.05) is 26.0 Å². The van der Waals surface area contributed by atoms with Gasteiger partial charge in [-0.3, -0.25) is 4.79 Å². The number of carboxylic acid groups (broad SMARTS) is 1. The predicted molar refractivity (Wildman–Crippen MR) is 121 cm³/mol. The van der Waals surface area contributed by atoms with Crippen LogP contribution in [0.3, 0.4) is 0 Å². The van der Waals surface area contributed by atoms with Crippen LogP contribution >= 0.6 is 0 Å². The largest absolute Gasteiger partial charge is 0.480 e. The summed E-state index contributed by atoms with van der Waals surface area (Å²) in [6.07, 6.45) is -2.84. The van der Waals surface area contributed by atoms with E-state index in [1.807, 2.05) is 48.5 Å². The molecule has 0 radical (unpaired) electrons. The number of hydrogen-bond acceptors (Lipinski definition) is 5. The molecule has 0 spiro atoms. The van der Waals surface area contributed by atoms with E-state index >= 15 is 0 Å². The summed E-state index contributed by atoms with van der Waals surface area (Å²) in [6.45, 7) is -0.959. The monoisotopic (exact) mass is 488 g/mol. The number of alkyl carbamates (subject to hydrolysis) is 1. The van der Waals surface area contributed by atoms with Crippen LogP contribution in [0.5, 0.6) is 0 Å². The van der Waals surface area contributed by atoms with Crippen LogP contribution in [-0.2, 0) is 19.1 Å². The molecule has 35 heavy (non-hydrogen) atoms. The Kier molecular flexibility index (Phi) is 7.02. The first-order valence-corrected chi connectivity index (χ1v) is 11.2. The standard InChI is InChI=1S/C25H26F2N2O6/c1-34-15(10-22(30)29-14-25(26,27)11-21(29)23(31)32)12-28-24(33)35-13-20-18-8-4-2-6-16(18)17-7-3-5-9-19(17)20/h2-9,15,20-21H,10-14H2,1H3,(H,28,33)(H,31,32). The predicted octanol–water partition coefficient (Wildman–Crippen LogP) is 3.25. The summed E-state index contributed by atoms with van der Waals surface area (Å²) < 4.78 is 38.0. The molecule has 0 bridgehead atoms. The second-order valence-electron chi connectivity index (χ2n) is 8.70. The number of methoxy groups -OCH3 is 1. The van der Waals surface area contributed by atoms with Crippen molar-refractivity contribution >= 4 is 18.0 Å². The van der Waals surface area contributed by atoms with E-state index in [-0.39, 0.29) is 25.5 Å². The lowest BCUT2D eigenvalue weighted by Crippen LogP contribution is -2.44. The van der Waals surface area contributed by atoms with E-state index < -0.39 is 49.0 Å². The SMILES string of the molecule is COC(CNC(=O)OCC1c2ccccc2-c2ccccc21)CC(=O)N1CC(F)(F)CC1C(=O)O. The van der Waals surface area contributed by atoms with E-state index in [4.69, 9.17) is 9.47 Å². The van der Waals surface area contributed by atoms with E-state index in [1.54, 1.807) is 0 Å². The van der Waals surface area contributed by atoms with Crippen molar-refractivity contribution in [1.82, 2.24) is 10.2 Å². The van der Waals surface area contributed by atoms with Gasteiger partial charge in [0.1, 0.15) is 12.6 Å². The number of amides is 2. The zero-order valence-electron chi connectivity index (χ0n) is 19.1. The van der Waals surface area contributed by atoms with Gasteiger partial charge in [-0.05, 0) is 22.3 Å². The third-order valence-electron chi connectivity index (χ3n) is 6.43. The minimum atomic E-state index is -3.26. The van der Waals surface area contributed by atoms with Crippen LogP contribution in [-0.4, -0.2) is 72.9 Å². The highest BCUT2D eigenvalue weighted by Crippen LogP contribution is 2.44. The molecule has 1 fully saturated rings. The summed E-state index contributed by atoms with van der Waals surface area (Å²) in [7, 11) is 1.31. The van der Waals surface area contributed by atoms with Crippen LogP contribution in [0.25, 0.3) is 11.1 Å². The van der Waals surface area contributed by atoms with E-state index in [1.165, 1.54) is 7.11 Å². The molecule has 1 aliphatic carbocycles. The second-order valence-corrected chi connectivity index (χ2v) is 8.70. The van der Waals surface area contributed by atoms with Crippen molar-refractivity contribution in [2.75, 3.05) is 26.8 Å². The van der Waals surface area contributed by atoms with Crippen LogP contribution in [0, 0.1) is 0 Å². The lowest BCUT2D eigenvalue weighted by atomic mass is 9.98. The first-order valence-electron chi connectivity index (χ1n) is 11.2. The number of carbonyl (C=O) groups is 3. The maximum absolute atomic E-state index is 13.7. The lowest BCUT2D eigenvalue weighted by molar-refractivity contribution is -0.149. The van der Waals surface area contributed by atoms with Crippen LogP contribution < -0.4 is 5.32 Å². The molecule has 2 N–H and O–H groups in total. The number of carboxylic acids is 1. The van der Waals surface area contributed by atoms with Crippen molar-refractivity contribution in [3.05, 3.63) is 59.7 Å². The molecule has 186 valence electrons. The summed E-state index contributed by atoms with van der Waals surface area (Å²) in [5, 5.41) is 11.7. The van der Waals surface area contributed by atoms with Gasteiger partial charge < -0.3 is 24.8 Å². The maximum atomic E-state index is 13.7. The summed E-state index contributed by atoms with van der Waals surface area (Å²) in [4.78, 5) is 36.8. The highest BCUT2D eigenvalue weighted by molar-refractivity contribution is 5.85. The smallest absolute Gasteiger partial charge is 0.407 e. The van der Waals surface area contributed by atoms with E-state index in [0.29, 0.717) is 4.90 Å². The molecule has 1 aliphatic heterocycles. The Labute approximate surface area is 200 Å². The molecule has 2 aromatic rings. The van der Waals surface area contributed by atoms with Gasteiger partial charge in [-0.25, -0.2) is 18.4 Å². The Hall–Kier alpha value is -3.53. The molecular weight excluding hydrogens is 462 g/mol. The Morgan fingerprint density at radius 1 is 1.11 bits per heavy atom. The molecule has 0 aromatic heterocycles. The Balaban J connectivity index is 1.31. The van der Waals surface area contributed by atoms with Gasteiger partial charge in [0.15, 0.2) is 0 Å². The minimum Gasteiger partial charge on any atom is -0.480 e. The number of halogens is 2. The normalized spacial score (nSPS) is 19.1. The molecule has 2 aliphatic rings. The molecule has 10 heteroatoms. The molecule has 4 rings (SSSR count). The maximum Gasteiger partial charge on any atom is 0.407 e. The molecule has 2 atom stereocenters. The third-order valence-corrected chi connectivity index (χ3v) is 6.43. The number of hydrogen-bond donors (Lipinski definition) is 2. The van der Waals surface area contributed by atoms with Gasteiger partial charge in [0.25, 0.3) is 5.92 Å². The summed E-state index contributed by atoms with van der Waals surface area (Å²) >= 11 is 0. The van der Waals surface area contributed by atoms with Crippen molar-refractivity contribution in [2.24, 2.45) is 0 Å². The van der Waals surface area contributed by atoms with Gasteiger partial charge in [-0.15, -0.1) is 0 Å². The molecule has 1 saturated heterocycles. The first kappa shape index (κ1) is 24.6. The molecule has 8 nitrogen and oxygen atoms in total. The van der Waals surface area contributed by atoms with Crippen molar-refractivity contribution < 1.29 is 37.7 Å². The number of likely N-dealkylation sites (tertiary alicyclic amines) is 1. The van der Waals surface area contributed by atoms with Crippen molar-refractivity contribution in [2.45, 2.75) is 36.8 Å². The molecule has 2 aromatic carbocycles. The van der Waals surface area contributed by atoms with Crippen LogP contribution in [0.15, 0.2) is 48.5 Å². The van der Waals surface area contributed by atoms with Gasteiger partial charge in [-0.1, -0.05) is 48.5 Å². The summed E-state index contributed by atoms with van der Waals surface area (Å²) in [5.74, 6) is -5.64. The topological polar surface area (TPSA) is 105 Å². The number of rotatable bonds is 8. The number of ether oxygens (including phenoxy) is 2. The van der Waals surface area contributed by atoms with Crippen LogP contribution in [0.1, 0.15) is 29.9 Å². The van der Waals surface area contributed by atoms with Gasteiger partial charge in [0.2, 0.25) is 5.91 Å². The van der Waals surface area contributed by atoms with Crippen molar-refractivity contribution in [1.29, 1.82) is 0 Å². The Bertz CT molecular complexity index is 1080. The fourth-order valence-corrected chi connectivity index (χ4v) is 4.70. The van der Waals surface area contributed by atoms with E-state index in [9.17, 15) is 28.3 Å². The van der Waals surface area contributed by atoms with Gasteiger partial charge in [-0.2, -0.15) is 0 Å². The van der Waals surface area contributed by atoms with Crippen LogP contribution in [0.4, 0.5) is 13.6 Å². The van der Waals surface area contributed by atoms with E-state index in [0.717, 1.165) is 22.3 Å². The number of aliphatic carboxylic acids is 1. The number of fused-ring (bicyclic) bond motifs is 3. The molecule has 2 amide bonds. The Morgan fingerprint density at radius 3 is 2.29 bits per heavy atom. The number of benzene rings is 2. The second kappa shape index (κ2) is 9.99. The highest BCUT2D eigenvalue weighted by atomic mass is 19.3. The summed E-state index contributed by atoms with van der Waals surface area (Å²) in [5.41, 5.74) is 4.33. The Morgan fingerprint density at radius 2 is 1.71 bits per heavy atom. The molecular formula is C25H26F2N2O6. The zero-order valence-corrected chi connectivity index (χ0v) is 19.1. The zero-order chi connectivity index (χ0) is 25.2. The average Bonchev–Trinajstić information content (AvgIpc) is 3.34. The molecule has 2 unspecified atom stereocenters. The fraction of sp³-hybridized carbons (Fsp3) is 0.400. The highest BCUT2D eigenvalue weighted by Gasteiger charge is 2.50. The lowest BCUT2D eigenvalue weighted by Gasteiger charge is -2.23. The fourth-order valence-electron chi connectivity index (χ4n) is 4.70. The first-order chi connectivity index (χ1) is 16.7. The van der Waals surface area contributed by atoms with Crippen molar-refractivity contribution in [3.8, 4) is 11.1 Å². The quantitative estimate of drug-likeness (QED) is 0.591. The van der Waals surface area contributed by atoms with Crippen molar-refractivity contribution in [3.63, 3.8) is 0 Å². The third kappa shape index (κ3) is 5.27. The number of nitrogens with one attached hydrogen (secondary N) is 1. The van der Waals surface area contributed by atoms with Gasteiger partial charge >= 0.3 is 12.1 Å². The molecule has 1 heterocycles. The number of carbonyl (C=O) groups excluding carboxylic acids is 2. The van der Waals surface area contributed by atoms with E-state index in [2.05, 4.69) is 5.32 Å². The molecule has 0 saturated carbocycles. The van der Waals surface area contributed by atoms with Gasteiger partial charge in [0.05, 0.1) is 19.1 Å². The van der Waals surface area contributed by atoms with Crippen LogP contribution in [0.2, 0.25) is 0 Å². The number of alkyl halides is 2. The minimum absolute atomic E-state index is 0.110. The average molecular weight is 488 g/mol. The summed E-state index contributed by atoms with van der Waals surface area (Å²) in [6, 6.07) is 14.2.